The lowest BCUT2D eigenvalue weighted by molar-refractivity contribution is 0.0108. The van der Waals surface area contributed by atoms with Crippen LogP contribution < -0.4 is 5.73 Å². The molecule has 1 aliphatic carbocycles. The predicted octanol–water partition coefficient (Wildman–Crippen LogP) is 3.17. The molecule has 1 saturated carbocycles. The second kappa shape index (κ2) is 9.47. The molecule has 0 unspecified atom stereocenters. The van der Waals surface area contributed by atoms with E-state index in [1.54, 1.807) is 12.4 Å². The lowest BCUT2D eigenvalue weighted by Crippen LogP contribution is -2.42. The standard InChI is InChI=1S/C20H27N7O.ClH/c1-3-10-28-17-8-7-14(11-16(17)21)20-24-19(15-12-23-25-13(15)2)26-27(20)18-6-4-5-9-22-18;/h4-6,9,12,14,16-17H,3,7-8,10-11,21H2,1-2H3,(H,23,25);1H/t14-,16+,17+;/m0./s1. The minimum absolute atomic E-state index is 0. The molecule has 156 valence electrons. The van der Waals surface area contributed by atoms with Gasteiger partial charge in [0.1, 0.15) is 5.82 Å². The highest BCUT2D eigenvalue weighted by Crippen LogP contribution is 2.34. The van der Waals surface area contributed by atoms with Crippen molar-refractivity contribution in [2.45, 2.75) is 57.6 Å². The highest BCUT2D eigenvalue weighted by atomic mass is 35.5. The van der Waals surface area contributed by atoms with Gasteiger partial charge in [0.15, 0.2) is 11.6 Å². The Morgan fingerprint density at radius 1 is 1.31 bits per heavy atom. The number of aromatic nitrogens is 6. The molecule has 8 nitrogen and oxygen atoms in total. The van der Waals surface area contributed by atoms with Crippen molar-refractivity contribution < 1.29 is 4.74 Å². The number of nitrogens with one attached hydrogen (secondary N) is 1. The van der Waals surface area contributed by atoms with Gasteiger partial charge in [-0.1, -0.05) is 13.0 Å². The first-order valence-electron chi connectivity index (χ1n) is 9.93. The van der Waals surface area contributed by atoms with E-state index >= 15 is 0 Å². The second-order valence-electron chi connectivity index (χ2n) is 7.39. The average Bonchev–Trinajstić information content (AvgIpc) is 3.34. The summed E-state index contributed by atoms with van der Waals surface area (Å²) in [6.07, 6.45) is 7.39. The Hall–Kier alpha value is -2.29. The summed E-state index contributed by atoms with van der Waals surface area (Å²) >= 11 is 0. The van der Waals surface area contributed by atoms with Crippen molar-refractivity contribution in [1.29, 1.82) is 0 Å². The van der Waals surface area contributed by atoms with Crippen LogP contribution in [0.1, 0.15) is 50.0 Å². The highest BCUT2D eigenvalue weighted by Gasteiger charge is 2.33. The Morgan fingerprint density at radius 2 is 2.17 bits per heavy atom. The minimum atomic E-state index is -0.00158. The van der Waals surface area contributed by atoms with Crippen molar-refractivity contribution >= 4 is 12.4 Å². The number of aromatic amines is 1. The van der Waals surface area contributed by atoms with Crippen molar-refractivity contribution in [2.75, 3.05) is 6.61 Å². The fourth-order valence-corrected chi connectivity index (χ4v) is 3.81. The molecule has 0 aromatic carbocycles. The van der Waals surface area contributed by atoms with E-state index in [0.29, 0.717) is 5.82 Å². The van der Waals surface area contributed by atoms with Crippen LogP contribution in [0.4, 0.5) is 0 Å². The number of aryl methyl sites for hydroxylation is 1. The van der Waals surface area contributed by atoms with Crippen LogP contribution in [0.2, 0.25) is 0 Å². The zero-order valence-electron chi connectivity index (χ0n) is 16.8. The number of nitrogens with two attached hydrogens (primary N) is 1. The van der Waals surface area contributed by atoms with E-state index < -0.39 is 0 Å². The van der Waals surface area contributed by atoms with E-state index in [4.69, 9.17) is 20.6 Å². The Kier molecular flexibility index (Phi) is 7.00. The summed E-state index contributed by atoms with van der Waals surface area (Å²) in [6, 6.07) is 5.80. The zero-order chi connectivity index (χ0) is 19.5. The number of ether oxygens (including phenoxy) is 1. The normalized spacial score (nSPS) is 21.7. The van der Waals surface area contributed by atoms with Crippen LogP contribution in [0.3, 0.4) is 0 Å². The van der Waals surface area contributed by atoms with E-state index in [2.05, 4.69) is 22.1 Å². The van der Waals surface area contributed by atoms with Gasteiger partial charge in [-0.2, -0.15) is 9.78 Å². The van der Waals surface area contributed by atoms with Gasteiger partial charge in [-0.05, 0) is 44.7 Å². The quantitative estimate of drug-likeness (QED) is 0.637. The van der Waals surface area contributed by atoms with Gasteiger partial charge in [-0.25, -0.2) is 9.97 Å². The molecule has 3 aromatic heterocycles. The Labute approximate surface area is 176 Å². The third kappa shape index (κ3) is 4.49. The van der Waals surface area contributed by atoms with Crippen molar-refractivity contribution in [2.24, 2.45) is 5.73 Å². The number of H-pyrrole nitrogens is 1. The summed E-state index contributed by atoms with van der Waals surface area (Å²) in [6.45, 7) is 4.85. The minimum Gasteiger partial charge on any atom is -0.377 e. The molecule has 1 aliphatic rings. The van der Waals surface area contributed by atoms with Crippen molar-refractivity contribution in [1.82, 2.24) is 29.9 Å². The zero-order valence-corrected chi connectivity index (χ0v) is 17.6. The first-order valence-corrected chi connectivity index (χ1v) is 9.93. The molecule has 0 aliphatic heterocycles. The van der Waals surface area contributed by atoms with Crippen molar-refractivity contribution in [3.05, 3.63) is 42.1 Å². The summed E-state index contributed by atoms with van der Waals surface area (Å²) in [7, 11) is 0. The molecule has 0 amide bonds. The fourth-order valence-electron chi connectivity index (χ4n) is 3.81. The van der Waals surface area contributed by atoms with Crippen LogP contribution in [-0.4, -0.2) is 48.7 Å². The molecular weight excluding hydrogens is 390 g/mol. The van der Waals surface area contributed by atoms with Crippen LogP contribution >= 0.6 is 12.4 Å². The molecule has 0 saturated heterocycles. The Bertz CT molecular complexity index is 911. The molecular formula is C20H28ClN7O. The van der Waals surface area contributed by atoms with Gasteiger partial charge in [0, 0.05) is 30.5 Å². The van der Waals surface area contributed by atoms with Gasteiger partial charge in [-0.15, -0.1) is 17.5 Å². The maximum Gasteiger partial charge on any atom is 0.185 e. The van der Waals surface area contributed by atoms with E-state index in [0.717, 1.165) is 55.2 Å². The monoisotopic (exact) mass is 417 g/mol. The van der Waals surface area contributed by atoms with E-state index in [9.17, 15) is 0 Å². The van der Waals surface area contributed by atoms with Gasteiger partial charge in [0.05, 0.1) is 17.9 Å². The van der Waals surface area contributed by atoms with Gasteiger partial charge in [0.2, 0.25) is 0 Å². The third-order valence-electron chi connectivity index (χ3n) is 5.30. The largest absolute Gasteiger partial charge is 0.377 e. The average molecular weight is 418 g/mol. The Morgan fingerprint density at radius 3 is 2.83 bits per heavy atom. The number of pyridine rings is 1. The smallest absolute Gasteiger partial charge is 0.185 e. The van der Waals surface area contributed by atoms with Crippen molar-refractivity contribution in [3.8, 4) is 17.2 Å². The molecule has 29 heavy (non-hydrogen) atoms. The number of hydrogen-bond acceptors (Lipinski definition) is 6. The van der Waals surface area contributed by atoms with E-state index in [1.165, 1.54) is 0 Å². The topological polar surface area (TPSA) is 108 Å². The molecule has 3 aromatic rings. The molecule has 3 atom stereocenters. The molecule has 3 N–H and O–H groups in total. The molecule has 0 spiro atoms. The van der Waals surface area contributed by atoms with Crippen LogP contribution in [-0.2, 0) is 4.74 Å². The van der Waals surface area contributed by atoms with E-state index in [1.807, 2.05) is 29.8 Å². The fraction of sp³-hybridized carbons (Fsp3) is 0.500. The van der Waals surface area contributed by atoms with E-state index in [-0.39, 0.29) is 30.5 Å². The maximum atomic E-state index is 6.45. The number of hydrogen-bond donors (Lipinski definition) is 2. The summed E-state index contributed by atoms with van der Waals surface area (Å²) in [5.41, 5.74) is 8.29. The summed E-state index contributed by atoms with van der Waals surface area (Å²) in [4.78, 5) is 9.37. The molecule has 0 radical (unpaired) electrons. The molecule has 0 bridgehead atoms. The van der Waals surface area contributed by atoms with Crippen LogP contribution in [0.5, 0.6) is 0 Å². The lowest BCUT2D eigenvalue weighted by Gasteiger charge is -2.33. The third-order valence-corrected chi connectivity index (χ3v) is 5.30. The SMILES string of the molecule is CCCO[C@@H]1CC[C@H](c2nc(-c3cn[nH]c3C)nn2-c2ccccn2)C[C@H]1N.Cl. The second-order valence-corrected chi connectivity index (χ2v) is 7.39. The number of rotatable bonds is 6. The number of nitrogens with zero attached hydrogens (tertiary/aromatic N) is 5. The first-order chi connectivity index (χ1) is 13.7. The summed E-state index contributed by atoms with van der Waals surface area (Å²) in [5.74, 6) is 2.53. The molecule has 1 fully saturated rings. The van der Waals surface area contributed by atoms with Gasteiger partial charge < -0.3 is 10.5 Å². The summed E-state index contributed by atoms with van der Waals surface area (Å²) in [5, 5.41) is 11.8. The first kappa shape index (κ1) is 21.4. The maximum absolute atomic E-state index is 6.45. The number of halogens is 1. The van der Waals surface area contributed by atoms with Crippen molar-refractivity contribution in [3.63, 3.8) is 0 Å². The predicted molar refractivity (Wildman–Crippen MR) is 113 cm³/mol. The van der Waals surface area contributed by atoms with Crippen LogP contribution in [0, 0.1) is 6.92 Å². The Balaban J connectivity index is 0.00000240. The lowest BCUT2D eigenvalue weighted by atomic mass is 9.83. The van der Waals surface area contributed by atoms with Crippen LogP contribution in [0.25, 0.3) is 17.2 Å². The highest BCUT2D eigenvalue weighted by molar-refractivity contribution is 5.85. The van der Waals surface area contributed by atoms with Gasteiger partial charge in [0.25, 0.3) is 0 Å². The molecule has 4 rings (SSSR count). The van der Waals surface area contributed by atoms with Gasteiger partial charge in [-0.3, -0.25) is 5.10 Å². The molecule has 3 heterocycles. The summed E-state index contributed by atoms with van der Waals surface area (Å²) < 4.78 is 7.78. The van der Waals surface area contributed by atoms with Crippen LogP contribution in [0.15, 0.2) is 30.6 Å². The molecule has 9 heteroatoms. The van der Waals surface area contributed by atoms with Gasteiger partial charge >= 0.3 is 0 Å².